The number of carbonyl (C=O) groups is 1. The molecule has 1 fully saturated rings. The van der Waals surface area contributed by atoms with Gasteiger partial charge in [-0.2, -0.15) is 0 Å². The maximum atomic E-state index is 10.8. The van der Waals surface area contributed by atoms with E-state index in [1.54, 1.807) is 10.9 Å². The largest absolute Gasteiger partial charge is 0.302 e. The van der Waals surface area contributed by atoms with Crippen molar-refractivity contribution in [3.05, 3.63) is 6.20 Å². The van der Waals surface area contributed by atoms with E-state index < -0.39 is 0 Å². The first-order valence-electron chi connectivity index (χ1n) is 4.03. The number of nitrogens with zero attached hydrogens (tertiary/aromatic N) is 2. The van der Waals surface area contributed by atoms with Crippen molar-refractivity contribution in [2.75, 3.05) is 11.2 Å². The molecule has 0 radical (unpaired) electrons. The zero-order valence-electron chi connectivity index (χ0n) is 6.86. The molecule has 13 heavy (non-hydrogen) atoms. The highest BCUT2D eigenvalue weighted by Crippen LogP contribution is 2.28. The average molecular weight is 203 g/mol. The molecule has 1 aliphatic rings. The van der Waals surface area contributed by atoms with Crippen LogP contribution in [0, 0.1) is 0 Å². The maximum Gasteiger partial charge on any atom is 0.302 e. The molecule has 1 aromatic heterocycles. The molecule has 1 N–H and O–H groups in total. The number of carbonyl (C=O) groups excluding carboxylic acids is 1. The number of hydrogen-bond acceptors (Lipinski definition) is 3. The molecular weight excluding hydrogens is 194 g/mol. The summed E-state index contributed by atoms with van der Waals surface area (Å²) in [5.74, 6) is -0.0252. The molecule has 5 nitrogen and oxygen atoms in total. The van der Waals surface area contributed by atoms with Crippen LogP contribution in [-0.4, -0.2) is 17.1 Å². The van der Waals surface area contributed by atoms with E-state index in [1.807, 2.05) is 0 Å². The van der Waals surface area contributed by atoms with Gasteiger partial charge >= 0.3 is 5.88 Å². The molecule has 1 aliphatic carbocycles. The minimum absolute atomic E-state index is 0.0792. The first-order chi connectivity index (χ1) is 6.29. The lowest BCUT2D eigenvalue weighted by Crippen LogP contribution is -2.32. The summed E-state index contributed by atoms with van der Waals surface area (Å²) < 4.78 is 6.57. The molecule has 0 aromatic carbocycles. The van der Waals surface area contributed by atoms with Crippen molar-refractivity contribution in [1.29, 1.82) is 0 Å². The van der Waals surface area contributed by atoms with Gasteiger partial charge in [0.1, 0.15) is 5.88 Å². The fourth-order valence-electron chi connectivity index (χ4n) is 0.995. The third-order valence-corrected chi connectivity index (χ3v) is 2.03. The molecule has 1 aromatic rings. The van der Waals surface area contributed by atoms with Gasteiger partial charge in [-0.15, -0.1) is 11.6 Å². The molecular formula is C7H9ClN3O2+. The summed E-state index contributed by atoms with van der Waals surface area (Å²) in [5.41, 5.74) is 0. The van der Waals surface area contributed by atoms with Crippen LogP contribution in [0.25, 0.3) is 0 Å². The summed E-state index contributed by atoms with van der Waals surface area (Å²) in [6, 6.07) is 0.449. The number of anilines is 1. The normalized spacial score (nSPS) is 15.8. The van der Waals surface area contributed by atoms with Crippen LogP contribution in [0.1, 0.15) is 18.9 Å². The molecule has 1 amide bonds. The average Bonchev–Trinajstić information content (AvgIpc) is 2.88. The van der Waals surface area contributed by atoms with Crippen molar-refractivity contribution in [1.82, 2.24) is 5.27 Å². The molecule has 0 unspecified atom stereocenters. The SMILES string of the molecule is O=C(CCl)Nc1c[n+](C2CC2)no1. The van der Waals surface area contributed by atoms with Crippen LogP contribution in [-0.2, 0) is 4.79 Å². The molecule has 70 valence electrons. The van der Waals surface area contributed by atoms with Crippen LogP contribution in [0.2, 0.25) is 0 Å². The van der Waals surface area contributed by atoms with E-state index in [1.165, 1.54) is 0 Å². The van der Waals surface area contributed by atoms with E-state index in [0.29, 0.717) is 11.9 Å². The molecule has 1 heterocycles. The highest BCUT2D eigenvalue weighted by molar-refractivity contribution is 6.28. The minimum Gasteiger partial charge on any atom is -0.288 e. The van der Waals surface area contributed by atoms with Crippen LogP contribution < -0.4 is 10.00 Å². The lowest BCUT2D eigenvalue weighted by Gasteiger charge is -1.90. The Morgan fingerprint density at radius 1 is 1.85 bits per heavy atom. The Morgan fingerprint density at radius 2 is 2.62 bits per heavy atom. The minimum atomic E-state index is -0.291. The van der Waals surface area contributed by atoms with E-state index in [-0.39, 0.29) is 11.8 Å². The number of rotatable bonds is 3. The Kier molecular flexibility index (Phi) is 2.18. The van der Waals surface area contributed by atoms with Crippen LogP contribution in [0.15, 0.2) is 10.7 Å². The molecule has 2 rings (SSSR count). The van der Waals surface area contributed by atoms with E-state index >= 15 is 0 Å². The fourth-order valence-corrected chi connectivity index (χ4v) is 1.06. The Labute approximate surface area is 79.6 Å². The van der Waals surface area contributed by atoms with Gasteiger partial charge in [0.2, 0.25) is 11.2 Å². The number of nitrogens with one attached hydrogen (secondary N) is 1. The smallest absolute Gasteiger partial charge is 0.288 e. The van der Waals surface area contributed by atoms with Crippen molar-refractivity contribution >= 4 is 23.4 Å². The number of alkyl halides is 1. The monoisotopic (exact) mass is 202 g/mol. The fraction of sp³-hybridized carbons (Fsp3) is 0.571. The Hall–Kier alpha value is -1.10. The van der Waals surface area contributed by atoms with Crippen molar-refractivity contribution in [2.24, 2.45) is 0 Å². The van der Waals surface area contributed by atoms with Crippen LogP contribution in [0.4, 0.5) is 5.88 Å². The predicted molar refractivity (Wildman–Crippen MR) is 44.3 cm³/mol. The first kappa shape index (κ1) is 8.50. The molecule has 0 bridgehead atoms. The maximum absolute atomic E-state index is 10.8. The second-order valence-corrected chi connectivity index (χ2v) is 3.23. The third kappa shape index (κ3) is 1.98. The van der Waals surface area contributed by atoms with Gasteiger partial charge in [0.15, 0.2) is 6.04 Å². The molecule has 0 saturated heterocycles. The zero-order valence-corrected chi connectivity index (χ0v) is 7.62. The predicted octanol–water partition coefficient (Wildman–Crippen LogP) is 0.474. The van der Waals surface area contributed by atoms with E-state index in [9.17, 15) is 4.79 Å². The van der Waals surface area contributed by atoms with E-state index in [2.05, 4.69) is 10.6 Å². The molecule has 1 saturated carbocycles. The Balaban J connectivity index is 2.00. The standard InChI is InChI=1S/C7H8ClN3O2/c8-3-6(12)9-7-4-11(10-13-7)5-1-2-5/h4-5H,1-3H2/p+1. The summed E-state index contributed by atoms with van der Waals surface area (Å²) in [6.07, 6.45) is 3.92. The highest BCUT2D eigenvalue weighted by atomic mass is 35.5. The van der Waals surface area contributed by atoms with Gasteiger partial charge in [0.05, 0.1) is 0 Å². The Morgan fingerprint density at radius 3 is 3.23 bits per heavy atom. The topological polar surface area (TPSA) is 59.0 Å². The van der Waals surface area contributed by atoms with Crippen molar-refractivity contribution in [3.8, 4) is 0 Å². The van der Waals surface area contributed by atoms with Gasteiger partial charge in [0, 0.05) is 12.8 Å². The molecule has 0 atom stereocenters. The van der Waals surface area contributed by atoms with Gasteiger partial charge in [-0.25, -0.2) is 0 Å². The summed E-state index contributed by atoms with van der Waals surface area (Å²) in [6.45, 7) is 0. The lowest BCUT2D eigenvalue weighted by atomic mass is 10.6. The number of halogens is 1. The van der Waals surface area contributed by atoms with Crippen LogP contribution in [0.5, 0.6) is 0 Å². The number of amides is 1. The second-order valence-electron chi connectivity index (χ2n) is 2.96. The van der Waals surface area contributed by atoms with Crippen LogP contribution in [0.3, 0.4) is 0 Å². The van der Waals surface area contributed by atoms with Gasteiger partial charge < -0.3 is 0 Å². The summed E-state index contributed by atoms with van der Waals surface area (Å²) >= 11 is 5.30. The second kappa shape index (κ2) is 3.33. The molecule has 0 spiro atoms. The van der Waals surface area contributed by atoms with Crippen molar-refractivity contribution in [2.45, 2.75) is 18.9 Å². The summed E-state index contributed by atoms with van der Waals surface area (Å²) in [4.78, 5) is 10.8. The summed E-state index contributed by atoms with van der Waals surface area (Å²) in [7, 11) is 0. The number of hydrogen-bond donors (Lipinski definition) is 1. The third-order valence-electron chi connectivity index (χ3n) is 1.79. The van der Waals surface area contributed by atoms with E-state index in [4.69, 9.17) is 16.1 Å². The van der Waals surface area contributed by atoms with Crippen molar-refractivity contribution < 1.29 is 14.0 Å². The quantitative estimate of drug-likeness (QED) is 0.573. The van der Waals surface area contributed by atoms with Crippen LogP contribution >= 0.6 is 11.6 Å². The zero-order chi connectivity index (χ0) is 9.26. The van der Waals surface area contributed by atoms with Gasteiger partial charge in [-0.05, 0) is 4.68 Å². The summed E-state index contributed by atoms with van der Waals surface area (Å²) in [5, 5.41) is 6.22. The highest BCUT2D eigenvalue weighted by Gasteiger charge is 2.35. The van der Waals surface area contributed by atoms with Gasteiger partial charge in [-0.1, -0.05) is 0 Å². The molecule has 0 aliphatic heterocycles. The van der Waals surface area contributed by atoms with Crippen molar-refractivity contribution in [3.63, 3.8) is 0 Å². The van der Waals surface area contributed by atoms with Gasteiger partial charge in [-0.3, -0.25) is 14.6 Å². The lowest BCUT2D eigenvalue weighted by molar-refractivity contribution is -0.765. The first-order valence-corrected chi connectivity index (χ1v) is 4.57. The van der Waals surface area contributed by atoms with E-state index in [0.717, 1.165) is 12.8 Å². The number of aromatic nitrogens is 2. The van der Waals surface area contributed by atoms with Gasteiger partial charge in [0.25, 0.3) is 6.20 Å². The molecule has 6 heteroatoms. The Bertz CT molecular complexity index is 321.